The summed E-state index contributed by atoms with van der Waals surface area (Å²) in [5, 5.41) is 4.43. The monoisotopic (exact) mass is 450 g/mol. The van der Waals surface area contributed by atoms with Crippen molar-refractivity contribution in [2.45, 2.75) is 58.1 Å². The molecule has 0 bridgehead atoms. The highest BCUT2D eigenvalue weighted by atomic mass is 79.9. The number of ether oxygens (including phenoxy) is 2. The van der Waals surface area contributed by atoms with Gasteiger partial charge in [-0.3, -0.25) is 9.36 Å². The molecule has 0 amide bonds. The summed E-state index contributed by atoms with van der Waals surface area (Å²) >= 11 is 3.43. The molecule has 28 heavy (non-hydrogen) atoms. The molecule has 2 aromatic heterocycles. The zero-order valence-corrected chi connectivity index (χ0v) is 17.9. The largest absolute Gasteiger partial charge is 0.458 e. The Labute approximate surface area is 170 Å². The minimum absolute atomic E-state index is 0.00652. The summed E-state index contributed by atoms with van der Waals surface area (Å²) in [7, 11) is 0. The van der Waals surface area contributed by atoms with Crippen molar-refractivity contribution < 1.29 is 14.3 Å². The summed E-state index contributed by atoms with van der Waals surface area (Å²) in [6.07, 6.45) is 3.16. The van der Waals surface area contributed by atoms with Crippen molar-refractivity contribution in [1.82, 2.24) is 19.2 Å². The zero-order chi connectivity index (χ0) is 20.2. The van der Waals surface area contributed by atoms with E-state index < -0.39 is 11.6 Å². The fourth-order valence-corrected chi connectivity index (χ4v) is 4.51. The molecule has 4 heterocycles. The average Bonchev–Trinajstić information content (AvgIpc) is 3.21. The van der Waals surface area contributed by atoms with Crippen molar-refractivity contribution in [3.8, 4) is 0 Å². The van der Waals surface area contributed by atoms with Gasteiger partial charge in [0, 0.05) is 11.6 Å². The number of hydrogen-bond acceptors (Lipinski definition) is 6. The molecule has 0 radical (unpaired) electrons. The van der Waals surface area contributed by atoms with E-state index in [1.807, 2.05) is 33.8 Å². The molecule has 0 spiro atoms. The lowest BCUT2D eigenvalue weighted by Crippen LogP contribution is -2.31. The highest BCUT2D eigenvalue weighted by Crippen LogP contribution is 2.40. The maximum Gasteiger partial charge on any atom is 0.329 e. The van der Waals surface area contributed by atoms with E-state index in [4.69, 9.17) is 9.47 Å². The summed E-state index contributed by atoms with van der Waals surface area (Å²) in [6.45, 7) is 8.62. The van der Waals surface area contributed by atoms with Crippen LogP contribution < -0.4 is 5.56 Å². The van der Waals surface area contributed by atoms with E-state index >= 15 is 0 Å². The van der Waals surface area contributed by atoms with Gasteiger partial charge in [-0.25, -0.2) is 4.79 Å². The number of halogens is 1. The molecule has 0 saturated carbocycles. The van der Waals surface area contributed by atoms with Crippen LogP contribution in [0.4, 0.5) is 0 Å². The molecule has 2 aliphatic heterocycles. The number of hydrogen-bond donors (Lipinski definition) is 0. The standard InChI is InChI=1S/C19H23BrN4O4/c1-10-9-12(17(26)28-19(2,3)4)23-14(10)13(20)16(25)24-18(23)21-15(22-24)11-5-7-27-8-6-11/h5,10,12H,6-9H2,1-4H3/t10-,12+/m1/s1. The molecule has 0 saturated heterocycles. The van der Waals surface area contributed by atoms with Crippen LogP contribution in [0.5, 0.6) is 0 Å². The second kappa shape index (κ2) is 6.81. The molecule has 2 aliphatic rings. The van der Waals surface area contributed by atoms with E-state index in [9.17, 15) is 9.59 Å². The van der Waals surface area contributed by atoms with Crippen LogP contribution in [0.15, 0.2) is 15.3 Å². The Morgan fingerprint density at radius 1 is 1.39 bits per heavy atom. The Kier molecular flexibility index (Phi) is 4.70. The van der Waals surface area contributed by atoms with Gasteiger partial charge in [0.05, 0.1) is 13.2 Å². The third kappa shape index (κ3) is 3.20. The van der Waals surface area contributed by atoms with Gasteiger partial charge >= 0.3 is 5.97 Å². The number of carbonyl (C=O) groups excluding carboxylic acids is 1. The van der Waals surface area contributed by atoms with Crippen molar-refractivity contribution in [2.24, 2.45) is 0 Å². The van der Waals surface area contributed by atoms with Gasteiger partial charge in [0.1, 0.15) is 16.1 Å². The third-order valence-corrected chi connectivity index (χ3v) is 5.70. The molecule has 8 nitrogen and oxygen atoms in total. The van der Waals surface area contributed by atoms with Gasteiger partial charge in [-0.2, -0.15) is 9.50 Å². The first-order valence-corrected chi connectivity index (χ1v) is 10.2. The average molecular weight is 451 g/mol. The van der Waals surface area contributed by atoms with Crippen LogP contribution >= 0.6 is 15.9 Å². The number of carbonyl (C=O) groups is 1. The van der Waals surface area contributed by atoms with E-state index in [2.05, 4.69) is 26.0 Å². The van der Waals surface area contributed by atoms with E-state index in [0.717, 1.165) is 11.3 Å². The highest BCUT2D eigenvalue weighted by Gasteiger charge is 2.39. The second-order valence-corrected chi connectivity index (χ2v) is 9.05. The van der Waals surface area contributed by atoms with Crippen LogP contribution in [-0.4, -0.2) is 43.9 Å². The molecule has 9 heteroatoms. The molecule has 0 aromatic carbocycles. The number of rotatable bonds is 2. The lowest BCUT2D eigenvalue weighted by Gasteiger charge is -2.23. The normalized spacial score (nSPS) is 22.2. The fourth-order valence-electron chi connectivity index (χ4n) is 3.76. The van der Waals surface area contributed by atoms with Gasteiger partial charge in [-0.05, 0) is 55.1 Å². The smallest absolute Gasteiger partial charge is 0.329 e. The van der Waals surface area contributed by atoms with Crippen LogP contribution in [-0.2, 0) is 14.3 Å². The summed E-state index contributed by atoms with van der Waals surface area (Å²) < 4.78 is 14.5. The zero-order valence-electron chi connectivity index (χ0n) is 16.4. The minimum Gasteiger partial charge on any atom is -0.458 e. The van der Waals surface area contributed by atoms with E-state index in [1.54, 1.807) is 4.57 Å². The first-order chi connectivity index (χ1) is 13.2. The van der Waals surface area contributed by atoms with E-state index in [0.29, 0.717) is 42.1 Å². The van der Waals surface area contributed by atoms with Crippen LogP contribution in [0.1, 0.15) is 64.0 Å². The molecule has 0 N–H and O–H groups in total. The molecular formula is C19H23BrN4O4. The molecule has 4 rings (SSSR count). The molecule has 0 unspecified atom stereocenters. The lowest BCUT2D eigenvalue weighted by molar-refractivity contribution is -0.158. The van der Waals surface area contributed by atoms with Gasteiger partial charge in [0.2, 0.25) is 5.78 Å². The molecule has 2 atom stereocenters. The van der Waals surface area contributed by atoms with Crippen molar-refractivity contribution in [1.29, 1.82) is 0 Å². The number of nitrogens with zero attached hydrogens (tertiary/aromatic N) is 4. The summed E-state index contributed by atoms with van der Waals surface area (Å²) in [5.74, 6) is 0.541. The maximum atomic E-state index is 12.9. The third-order valence-electron chi connectivity index (χ3n) is 4.95. The first kappa shape index (κ1) is 19.3. The number of fused-ring (bicyclic) bond motifs is 3. The topological polar surface area (TPSA) is 87.7 Å². The van der Waals surface area contributed by atoms with Gasteiger partial charge in [-0.1, -0.05) is 13.0 Å². The first-order valence-electron chi connectivity index (χ1n) is 9.38. The van der Waals surface area contributed by atoms with Crippen LogP contribution in [0.2, 0.25) is 0 Å². The summed E-state index contributed by atoms with van der Waals surface area (Å²) in [6, 6.07) is -0.552. The molecular weight excluding hydrogens is 428 g/mol. The fraction of sp³-hybridized carbons (Fsp3) is 0.579. The molecule has 0 aliphatic carbocycles. The SMILES string of the molecule is C[C@@H]1C[C@@H](C(=O)OC(C)(C)C)n2c1c(Br)c(=O)n1nc(C3=CCOCC3)nc21. The van der Waals surface area contributed by atoms with Crippen LogP contribution in [0, 0.1) is 0 Å². The maximum absolute atomic E-state index is 12.9. The van der Waals surface area contributed by atoms with Gasteiger partial charge in [-0.15, -0.1) is 5.10 Å². The predicted molar refractivity (Wildman–Crippen MR) is 106 cm³/mol. The molecule has 150 valence electrons. The van der Waals surface area contributed by atoms with Gasteiger partial charge < -0.3 is 9.47 Å². The van der Waals surface area contributed by atoms with Crippen molar-refractivity contribution in [2.75, 3.05) is 13.2 Å². The van der Waals surface area contributed by atoms with Crippen LogP contribution in [0.3, 0.4) is 0 Å². The Balaban J connectivity index is 1.90. The summed E-state index contributed by atoms with van der Waals surface area (Å²) in [5.41, 5.74) is 0.832. The molecule has 2 aromatic rings. The van der Waals surface area contributed by atoms with Crippen molar-refractivity contribution in [3.05, 3.63) is 32.4 Å². The Bertz CT molecular complexity index is 1050. The minimum atomic E-state index is -0.596. The Morgan fingerprint density at radius 2 is 2.14 bits per heavy atom. The number of esters is 1. The lowest BCUT2D eigenvalue weighted by atomic mass is 10.0. The van der Waals surface area contributed by atoms with Gasteiger partial charge in [0.25, 0.3) is 5.56 Å². The van der Waals surface area contributed by atoms with E-state index in [-0.39, 0.29) is 17.4 Å². The Hall–Kier alpha value is -2.00. The van der Waals surface area contributed by atoms with Crippen molar-refractivity contribution >= 4 is 33.3 Å². The van der Waals surface area contributed by atoms with E-state index in [1.165, 1.54) is 4.52 Å². The van der Waals surface area contributed by atoms with Gasteiger partial charge in [0.15, 0.2) is 5.82 Å². The van der Waals surface area contributed by atoms with Crippen LogP contribution in [0.25, 0.3) is 11.4 Å². The second-order valence-electron chi connectivity index (χ2n) is 8.26. The number of aromatic nitrogens is 4. The molecule has 0 fully saturated rings. The Morgan fingerprint density at radius 3 is 2.79 bits per heavy atom. The predicted octanol–water partition coefficient (Wildman–Crippen LogP) is 2.85. The summed E-state index contributed by atoms with van der Waals surface area (Å²) in [4.78, 5) is 30.4. The quantitative estimate of drug-likeness (QED) is 0.653. The highest BCUT2D eigenvalue weighted by molar-refractivity contribution is 9.10. The van der Waals surface area contributed by atoms with Crippen molar-refractivity contribution in [3.63, 3.8) is 0 Å².